The minimum atomic E-state index is 0.526. The third-order valence-corrected chi connectivity index (χ3v) is 11.6. The first-order chi connectivity index (χ1) is 30.2. The van der Waals surface area contributed by atoms with E-state index < -0.39 is 0 Å². The lowest BCUT2D eigenvalue weighted by molar-refractivity contribution is 0.676. The van der Waals surface area contributed by atoms with Gasteiger partial charge in [0.25, 0.3) is 0 Å². The first-order valence-electron chi connectivity index (χ1n) is 20.4. The molecule has 0 aliphatic carbocycles. The zero-order valence-corrected chi connectivity index (χ0v) is 32.9. The topological polar surface area (TPSA) is 60.0 Å². The SMILES string of the molecule is c1ccc(-c2ccc(N(c3ccccc3)c3ccc4c(c3)c3c5oc6c7ccccc7ccc6c5ccc3n4-c3nc(-c4ccccc4)nc(-c4ccccc4)n3)cc2)cc1. The van der Waals surface area contributed by atoms with E-state index in [0.717, 1.165) is 88.3 Å². The average molecular weight is 782 g/mol. The first-order valence-corrected chi connectivity index (χ1v) is 20.4. The number of rotatable bonds is 7. The Bertz CT molecular complexity index is 3510. The van der Waals surface area contributed by atoms with Crippen LogP contribution in [0.5, 0.6) is 0 Å². The Labute approximate surface area is 351 Å². The molecular weight excluding hydrogens is 747 g/mol. The van der Waals surface area contributed by atoms with Gasteiger partial charge in [-0.2, -0.15) is 9.97 Å². The molecule has 286 valence electrons. The molecule has 0 atom stereocenters. The fourth-order valence-electron chi connectivity index (χ4n) is 8.76. The molecule has 12 rings (SSSR count). The molecule has 0 unspecified atom stereocenters. The van der Waals surface area contributed by atoms with Crippen molar-refractivity contribution in [1.29, 1.82) is 0 Å². The molecule has 0 aliphatic rings. The van der Waals surface area contributed by atoms with Gasteiger partial charge in [0.15, 0.2) is 11.6 Å². The maximum Gasteiger partial charge on any atom is 0.238 e. The highest BCUT2D eigenvalue weighted by molar-refractivity contribution is 6.26. The summed E-state index contributed by atoms with van der Waals surface area (Å²) in [5, 5.41) is 6.37. The highest BCUT2D eigenvalue weighted by atomic mass is 16.3. The van der Waals surface area contributed by atoms with Crippen LogP contribution in [-0.4, -0.2) is 19.5 Å². The predicted molar refractivity (Wildman–Crippen MR) is 250 cm³/mol. The molecule has 6 heteroatoms. The van der Waals surface area contributed by atoms with Crippen molar-refractivity contribution < 1.29 is 4.42 Å². The number of nitrogens with zero attached hydrogens (tertiary/aromatic N) is 5. The number of benzene rings is 9. The van der Waals surface area contributed by atoms with Crippen LogP contribution in [0, 0.1) is 0 Å². The number of fused-ring (bicyclic) bond motifs is 9. The Morgan fingerprint density at radius 3 is 1.57 bits per heavy atom. The molecular formula is C55H35N5O. The normalized spacial score (nSPS) is 11.6. The third-order valence-electron chi connectivity index (χ3n) is 11.6. The van der Waals surface area contributed by atoms with E-state index in [1.165, 1.54) is 5.56 Å². The number of anilines is 3. The van der Waals surface area contributed by atoms with Crippen LogP contribution in [0.25, 0.3) is 94.4 Å². The minimum Gasteiger partial charge on any atom is -0.455 e. The lowest BCUT2D eigenvalue weighted by atomic mass is 10.0. The van der Waals surface area contributed by atoms with Gasteiger partial charge in [-0.05, 0) is 77.2 Å². The van der Waals surface area contributed by atoms with Crippen LogP contribution in [0.3, 0.4) is 0 Å². The van der Waals surface area contributed by atoms with Gasteiger partial charge >= 0.3 is 0 Å². The van der Waals surface area contributed by atoms with Gasteiger partial charge in [0.05, 0.1) is 16.4 Å². The maximum absolute atomic E-state index is 7.07. The van der Waals surface area contributed by atoms with Gasteiger partial charge in [-0.25, -0.2) is 4.98 Å². The summed E-state index contributed by atoms with van der Waals surface area (Å²) in [6.07, 6.45) is 0. The van der Waals surface area contributed by atoms with E-state index in [1.807, 2.05) is 60.7 Å². The Balaban J connectivity index is 1.15. The van der Waals surface area contributed by atoms with Gasteiger partial charge in [0, 0.05) is 49.7 Å². The molecule has 0 aliphatic heterocycles. The highest BCUT2D eigenvalue weighted by Crippen LogP contribution is 2.45. The quantitative estimate of drug-likeness (QED) is 0.161. The molecule has 0 amide bonds. The Hall–Kier alpha value is -8.35. The van der Waals surface area contributed by atoms with Crippen molar-refractivity contribution in [1.82, 2.24) is 19.5 Å². The fraction of sp³-hybridized carbons (Fsp3) is 0. The van der Waals surface area contributed by atoms with Crippen LogP contribution in [0.1, 0.15) is 0 Å². The van der Waals surface area contributed by atoms with E-state index in [2.05, 4.69) is 161 Å². The molecule has 3 aromatic heterocycles. The smallest absolute Gasteiger partial charge is 0.238 e. The summed E-state index contributed by atoms with van der Waals surface area (Å²) in [5.74, 6) is 1.72. The number of aromatic nitrogens is 4. The van der Waals surface area contributed by atoms with Crippen molar-refractivity contribution >= 4 is 71.6 Å². The second-order valence-corrected chi connectivity index (χ2v) is 15.2. The fourth-order valence-corrected chi connectivity index (χ4v) is 8.76. The molecule has 0 bridgehead atoms. The molecule has 12 aromatic rings. The summed E-state index contributed by atoms with van der Waals surface area (Å²) in [6, 6.07) is 73.9. The summed E-state index contributed by atoms with van der Waals surface area (Å²) < 4.78 is 9.24. The second-order valence-electron chi connectivity index (χ2n) is 15.2. The largest absolute Gasteiger partial charge is 0.455 e. The Morgan fingerprint density at radius 2 is 0.885 bits per heavy atom. The van der Waals surface area contributed by atoms with Crippen molar-refractivity contribution in [3.63, 3.8) is 0 Å². The lowest BCUT2D eigenvalue weighted by Gasteiger charge is -2.26. The van der Waals surface area contributed by atoms with Crippen molar-refractivity contribution in [3.05, 3.63) is 212 Å². The summed E-state index contributed by atoms with van der Waals surface area (Å²) >= 11 is 0. The van der Waals surface area contributed by atoms with Gasteiger partial charge in [-0.15, -0.1) is 0 Å². The van der Waals surface area contributed by atoms with Gasteiger partial charge in [-0.1, -0.05) is 152 Å². The van der Waals surface area contributed by atoms with Crippen LogP contribution in [-0.2, 0) is 0 Å². The van der Waals surface area contributed by atoms with Gasteiger partial charge in [0.1, 0.15) is 11.2 Å². The molecule has 6 nitrogen and oxygen atoms in total. The molecule has 0 radical (unpaired) electrons. The lowest BCUT2D eigenvalue weighted by Crippen LogP contribution is -2.10. The van der Waals surface area contributed by atoms with Gasteiger partial charge in [-0.3, -0.25) is 4.57 Å². The predicted octanol–water partition coefficient (Wildman–Crippen LogP) is 14.5. The number of hydrogen-bond acceptors (Lipinski definition) is 5. The van der Waals surface area contributed by atoms with Crippen LogP contribution >= 0.6 is 0 Å². The molecule has 0 spiro atoms. The second kappa shape index (κ2) is 14.2. The monoisotopic (exact) mass is 781 g/mol. The molecule has 0 saturated carbocycles. The summed E-state index contributed by atoms with van der Waals surface area (Å²) in [6.45, 7) is 0. The average Bonchev–Trinajstić information content (AvgIpc) is 3.89. The van der Waals surface area contributed by atoms with Gasteiger partial charge < -0.3 is 9.32 Å². The number of hydrogen-bond donors (Lipinski definition) is 0. The molecule has 61 heavy (non-hydrogen) atoms. The molecule has 9 aromatic carbocycles. The number of para-hydroxylation sites is 1. The van der Waals surface area contributed by atoms with E-state index in [9.17, 15) is 0 Å². The van der Waals surface area contributed by atoms with Crippen molar-refractivity contribution in [2.24, 2.45) is 0 Å². The maximum atomic E-state index is 7.07. The van der Waals surface area contributed by atoms with Crippen LogP contribution in [0.15, 0.2) is 217 Å². The van der Waals surface area contributed by atoms with E-state index >= 15 is 0 Å². The summed E-state index contributed by atoms with van der Waals surface area (Å²) in [5.41, 5.74) is 10.9. The zero-order chi connectivity index (χ0) is 40.3. The third kappa shape index (κ3) is 5.84. The minimum absolute atomic E-state index is 0.526. The van der Waals surface area contributed by atoms with Crippen LogP contribution in [0.2, 0.25) is 0 Å². The molecule has 0 N–H and O–H groups in total. The van der Waals surface area contributed by atoms with E-state index in [1.54, 1.807) is 0 Å². The molecule has 0 saturated heterocycles. The van der Waals surface area contributed by atoms with Crippen molar-refractivity contribution in [2.45, 2.75) is 0 Å². The molecule has 0 fully saturated rings. The first kappa shape index (κ1) is 34.7. The van der Waals surface area contributed by atoms with Crippen LogP contribution < -0.4 is 4.90 Å². The number of furan rings is 1. The highest BCUT2D eigenvalue weighted by Gasteiger charge is 2.24. The van der Waals surface area contributed by atoms with Crippen molar-refractivity contribution in [2.75, 3.05) is 4.90 Å². The summed E-state index contributed by atoms with van der Waals surface area (Å²) in [7, 11) is 0. The van der Waals surface area contributed by atoms with E-state index in [0.29, 0.717) is 17.6 Å². The van der Waals surface area contributed by atoms with E-state index in [4.69, 9.17) is 19.4 Å². The Morgan fingerprint density at radius 1 is 0.361 bits per heavy atom. The molecule has 3 heterocycles. The standard InChI is InChI=1S/C55H35N5O/c1-5-15-36(16-6-1)37-25-28-42(29-26-37)59(41-22-11-4-12-23-41)43-30-33-48-47(35-43)50-49(34-32-46-45-31-27-38-17-13-14-24-44(38)51(45)61-52(46)50)60(48)55-57-53(39-18-7-2-8-19-39)56-54(58-55)40-20-9-3-10-21-40/h1-35H. The zero-order valence-electron chi connectivity index (χ0n) is 32.9. The van der Waals surface area contributed by atoms with Gasteiger partial charge in [0.2, 0.25) is 5.95 Å². The summed E-state index contributed by atoms with van der Waals surface area (Å²) in [4.78, 5) is 17.8. The Kier molecular flexibility index (Phi) is 8.06. The van der Waals surface area contributed by atoms with Crippen LogP contribution in [0.4, 0.5) is 17.1 Å². The van der Waals surface area contributed by atoms with E-state index in [-0.39, 0.29) is 0 Å². The van der Waals surface area contributed by atoms with Crippen molar-refractivity contribution in [3.8, 4) is 39.9 Å².